The first-order chi connectivity index (χ1) is 34.5. The monoisotopic (exact) mass is 1030 g/mol. The quantitative estimate of drug-likeness (QED) is 0.0251. The number of rotatable bonds is 54. The maximum atomic E-state index is 13.1. The molecule has 7 unspecified atom stereocenters. The SMILES string of the molecule is CCCCCCCCCCCCCCCCCCCCCCCCCCCCCCCCCCC(=O)NC(COC1OC(CO)C(O)C(OS(=O)(=O)O)C1O)C(O)CCCCCCCCCCCCCC. The maximum Gasteiger partial charge on any atom is 0.397 e. The van der Waals surface area contributed by atoms with Gasteiger partial charge in [0.1, 0.15) is 24.4 Å². The van der Waals surface area contributed by atoms with Crippen LogP contribution in [0.25, 0.3) is 0 Å². The Bertz CT molecular complexity index is 1260. The molecule has 1 rings (SSSR count). The molecular weight excluding hydrogens is 919 g/mol. The fourth-order valence-corrected chi connectivity index (χ4v) is 10.7. The lowest BCUT2D eigenvalue weighted by Gasteiger charge is -2.41. The summed E-state index contributed by atoms with van der Waals surface area (Å²) < 4.78 is 47.8. The highest BCUT2D eigenvalue weighted by Crippen LogP contribution is 2.26. The summed E-state index contributed by atoms with van der Waals surface area (Å²) in [6, 6.07) is -0.852. The zero-order valence-corrected chi connectivity index (χ0v) is 46.9. The smallest absolute Gasteiger partial charge is 0.394 e. The molecule has 0 bridgehead atoms. The van der Waals surface area contributed by atoms with Crippen LogP contribution in [0.3, 0.4) is 0 Å². The van der Waals surface area contributed by atoms with Crippen LogP contribution in [0.15, 0.2) is 0 Å². The minimum absolute atomic E-state index is 0.223. The number of hydrogen-bond acceptors (Lipinski definition) is 10. The summed E-state index contributed by atoms with van der Waals surface area (Å²) in [5.74, 6) is -0.223. The molecular formula is C58H115NO11S. The Hall–Kier alpha value is -0.900. The highest BCUT2D eigenvalue weighted by atomic mass is 32.3. The van der Waals surface area contributed by atoms with Crippen LogP contribution in [0, 0.1) is 0 Å². The summed E-state index contributed by atoms with van der Waals surface area (Å²) in [4.78, 5) is 13.1. The third-order valence-electron chi connectivity index (χ3n) is 14.9. The van der Waals surface area contributed by atoms with E-state index in [2.05, 4.69) is 23.3 Å². The second-order valence-corrected chi connectivity index (χ2v) is 22.7. The Labute approximate surface area is 437 Å². The molecule has 1 heterocycles. The molecule has 1 aliphatic rings. The molecule has 0 aromatic carbocycles. The van der Waals surface area contributed by atoms with Crippen molar-refractivity contribution in [2.75, 3.05) is 13.2 Å². The van der Waals surface area contributed by atoms with Crippen LogP contribution in [-0.4, -0.2) is 95.4 Å². The normalized spacial score (nSPS) is 19.3. The van der Waals surface area contributed by atoms with Crippen molar-refractivity contribution < 1.29 is 51.8 Å². The van der Waals surface area contributed by atoms with Crippen molar-refractivity contribution in [2.24, 2.45) is 0 Å². The van der Waals surface area contributed by atoms with Crippen LogP contribution in [0.5, 0.6) is 0 Å². The molecule has 424 valence electrons. The fraction of sp³-hybridized carbons (Fsp3) is 0.983. The summed E-state index contributed by atoms with van der Waals surface area (Å²) in [6.45, 7) is 3.48. The van der Waals surface area contributed by atoms with Gasteiger partial charge in [0.2, 0.25) is 5.91 Å². The van der Waals surface area contributed by atoms with Crippen molar-refractivity contribution in [3.05, 3.63) is 0 Å². The molecule has 12 nitrogen and oxygen atoms in total. The molecule has 0 aromatic heterocycles. The Morgan fingerprint density at radius 1 is 0.507 bits per heavy atom. The molecule has 1 amide bonds. The average Bonchev–Trinajstić information content (AvgIpc) is 3.34. The van der Waals surface area contributed by atoms with Gasteiger partial charge in [0.25, 0.3) is 0 Å². The molecule has 7 atom stereocenters. The predicted octanol–water partition coefficient (Wildman–Crippen LogP) is 14.5. The second kappa shape index (κ2) is 48.7. The Morgan fingerprint density at radius 2 is 0.817 bits per heavy atom. The van der Waals surface area contributed by atoms with Crippen molar-refractivity contribution in [1.29, 1.82) is 0 Å². The van der Waals surface area contributed by atoms with Crippen LogP contribution in [0.2, 0.25) is 0 Å². The third-order valence-corrected chi connectivity index (χ3v) is 15.4. The van der Waals surface area contributed by atoms with E-state index in [-0.39, 0.29) is 12.5 Å². The predicted molar refractivity (Wildman–Crippen MR) is 292 cm³/mol. The minimum atomic E-state index is -5.08. The van der Waals surface area contributed by atoms with Gasteiger partial charge >= 0.3 is 10.4 Å². The number of carbonyl (C=O) groups is 1. The van der Waals surface area contributed by atoms with Crippen LogP contribution < -0.4 is 5.32 Å². The van der Waals surface area contributed by atoms with E-state index >= 15 is 0 Å². The number of nitrogens with one attached hydrogen (secondary N) is 1. The van der Waals surface area contributed by atoms with Crippen LogP contribution in [-0.2, 0) is 28.9 Å². The van der Waals surface area contributed by atoms with Crippen molar-refractivity contribution in [3.8, 4) is 0 Å². The number of carbonyl (C=O) groups excluding carboxylic acids is 1. The lowest BCUT2D eigenvalue weighted by Crippen LogP contribution is -2.61. The number of ether oxygens (including phenoxy) is 2. The number of aliphatic hydroxyl groups excluding tert-OH is 4. The van der Waals surface area contributed by atoms with E-state index in [9.17, 15) is 38.2 Å². The number of unbranched alkanes of at least 4 members (excludes halogenated alkanes) is 42. The first-order valence-electron chi connectivity index (χ1n) is 30.4. The molecule has 1 fully saturated rings. The number of hydrogen-bond donors (Lipinski definition) is 6. The van der Waals surface area contributed by atoms with Crippen molar-refractivity contribution >= 4 is 16.3 Å². The van der Waals surface area contributed by atoms with E-state index in [1.807, 2.05) is 0 Å². The van der Waals surface area contributed by atoms with Gasteiger partial charge in [0.05, 0.1) is 25.4 Å². The van der Waals surface area contributed by atoms with Gasteiger partial charge in [0.15, 0.2) is 6.29 Å². The lowest BCUT2D eigenvalue weighted by molar-refractivity contribution is -0.298. The second-order valence-electron chi connectivity index (χ2n) is 21.7. The Balaban J connectivity index is 2.18. The van der Waals surface area contributed by atoms with Gasteiger partial charge in [-0.3, -0.25) is 9.35 Å². The largest absolute Gasteiger partial charge is 0.397 e. The van der Waals surface area contributed by atoms with Gasteiger partial charge in [-0.05, 0) is 12.8 Å². The summed E-state index contributed by atoms with van der Waals surface area (Å²) in [5.41, 5.74) is 0. The first-order valence-corrected chi connectivity index (χ1v) is 31.8. The average molecular weight is 1030 g/mol. The molecule has 71 heavy (non-hydrogen) atoms. The van der Waals surface area contributed by atoms with E-state index < -0.39 is 59.9 Å². The first kappa shape index (κ1) is 68.1. The molecule has 1 aliphatic heterocycles. The van der Waals surface area contributed by atoms with Gasteiger partial charge in [-0.25, -0.2) is 4.18 Å². The zero-order valence-electron chi connectivity index (χ0n) is 46.1. The Morgan fingerprint density at radius 3 is 1.13 bits per heavy atom. The molecule has 0 aliphatic carbocycles. The summed E-state index contributed by atoms with van der Waals surface area (Å²) in [5, 5.41) is 45.0. The van der Waals surface area contributed by atoms with E-state index in [1.165, 1.54) is 231 Å². The standard InChI is InChI=1S/C58H115NO11S/c1-3-5-7-9-11-13-15-17-18-19-20-21-22-23-24-25-26-27-28-29-30-31-32-33-34-35-36-38-40-42-44-46-48-54(62)59-51(52(61)47-45-43-41-39-37-16-14-12-10-8-6-4-2)50-68-58-56(64)57(70-71(65,66)67)55(63)53(49-60)69-58/h51-53,55-58,60-61,63-64H,3-50H2,1-2H3,(H,59,62)(H,65,66,67). The van der Waals surface area contributed by atoms with Gasteiger partial charge < -0.3 is 35.2 Å². The van der Waals surface area contributed by atoms with Gasteiger partial charge in [-0.15, -0.1) is 0 Å². The zero-order chi connectivity index (χ0) is 51.9. The van der Waals surface area contributed by atoms with Crippen molar-refractivity contribution in [3.63, 3.8) is 0 Å². The lowest BCUT2D eigenvalue weighted by atomic mass is 9.99. The van der Waals surface area contributed by atoms with Crippen LogP contribution >= 0.6 is 0 Å². The van der Waals surface area contributed by atoms with Gasteiger partial charge in [-0.1, -0.05) is 290 Å². The molecule has 0 aromatic rings. The van der Waals surface area contributed by atoms with Crippen molar-refractivity contribution in [2.45, 2.75) is 352 Å². The molecule has 0 radical (unpaired) electrons. The molecule has 0 spiro atoms. The molecule has 13 heteroatoms. The van der Waals surface area contributed by atoms with Crippen LogP contribution in [0.1, 0.15) is 309 Å². The summed E-state index contributed by atoms with van der Waals surface area (Å²) in [7, 11) is -5.08. The molecule has 0 saturated carbocycles. The number of amides is 1. The van der Waals surface area contributed by atoms with E-state index in [1.54, 1.807) is 0 Å². The fourth-order valence-electron chi connectivity index (χ4n) is 10.2. The molecule has 6 N–H and O–H groups in total. The topological polar surface area (TPSA) is 192 Å². The third kappa shape index (κ3) is 41.0. The van der Waals surface area contributed by atoms with E-state index in [4.69, 9.17) is 9.47 Å². The van der Waals surface area contributed by atoms with Gasteiger partial charge in [0, 0.05) is 6.42 Å². The summed E-state index contributed by atoms with van der Waals surface area (Å²) in [6.07, 6.45) is 48.6. The minimum Gasteiger partial charge on any atom is -0.394 e. The highest BCUT2D eigenvalue weighted by Gasteiger charge is 2.48. The molecule has 1 saturated heterocycles. The van der Waals surface area contributed by atoms with Crippen LogP contribution in [0.4, 0.5) is 0 Å². The Kier molecular flexibility index (Phi) is 46.7. The summed E-state index contributed by atoms with van der Waals surface area (Å²) >= 11 is 0. The number of aliphatic hydroxyl groups is 4. The maximum absolute atomic E-state index is 13.1. The van der Waals surface area contributed by atoms with Gasteiger partial charge in [-0.2, -0.15) is 8.42 Å². The van der Waals surface area contributed by atoms with Crippen molar-refractivity contribution in [1.82, 2.24) is 5.32 Å². The highest BCUT2D eigenvalue weighted by molar-refractivity contribution is 7.80. The van der Waals surface area contributed by atoms with E-state index in [0.717, 1.165) is 51.4 Å². The van der Waals surface area contributed by atoms with E-state index in [0.29, 0.717) is 12.8 Å².